The summed E-state index contributed by atoms with van der Waals surface area (Å²) in [7, 11) is 0. The van der Waals surface area contributed by atoms with Crippen LogP contribution >= 0.6 is 22.9 Å². The number of aromatic nitrogens is 1. The Bertz CT molecular complexity index is 648. The van der Waals surface area contributed by atoms with Crippen LogP contribution in [-0.4, -0.2) is 53.4 Å². The van der Waals surface area contributed by atoms with Gasteiger partial charge in [0.25, 0.3) is 5.91 Å². The molecule has 0 bridgehead atoms. The number of rotatable bonds is 3. The summed E-state index contributed by atoms with van der Waals surface area (Å²) in [4.78, 5) is 21.3. The van der Waals surface area contributed by atoms with Crippen LogP contribution in [0.3, 0.4) is 0 Å². The Kier molecular flexibility index (Phi) is 4.76. The van der Waals surface area contributed by atoms with Crippen molar-refractivity contribution in [2.45, 2.75) is 6.92 Å². The van der Waals surface area contributed by atoms with Gasteiger partial charge < -0.3 is 9.80 Å². The van der Waals surface area contributed by atoms with Crippen LogP contribution in [0.1, 0.15) is 17.4 Å². The van der Waals surface area contributed by atoms with Crippen molar-refractivity contribution in [1.29, 1.82) is 0 Å². The number of thiazole rings is 1. The zero-order chi connectivity index (χ0) is 15.5. The van der Waals surface area contributed by atoms with Gasteiger partial charge in [-0.3, -0.25) is 4.79 Å². The van der Waals surface area contributed by atoms with Gasteiger partial charge in [-0.1, -0.05) is 30.7 Å². The number of carbonyl (C=O) groups is 1. The number of hydrogen-bond donors (Lipinski definition) is 0. The predicted molar refractivity (Wildman–Crippen MR) is 90.6 cm³/mol. The minimum Gasteiger partial charge on any atom is -0.335 e. The van der Waals surface area contributed by atoms with Crippen LogP contribution in [-0.2, 0) is 0 Å². The van der Waals surface area contributed by atoms with Gasteiger partial charge in [0.2, 0.25) is 0 Å². The van der Waals surface area contributed by atoms with Crippen LogP contribution in [0.15, 0.2) is 29.6 Å². The van der Waals surface area contributed by atoms with Gasteiger partial charge in [-0.15, -0.1) is 11.3 Å². The lowest BCUT2D eigenvalue weighted by Crippen LogP contribution is -2.48. The lowest BCUT2D eigenvalue weighted by molar-refractivity contribution is 0.0638. The van der Waals surface area contributed by atoms with Gasteiger partial charge in [0.15, 0.2) is 0 Å². The summed E-state index contributed by atoms with van der Waals surface area (Å²) < 4.78 is 0. The number of likely N-dealkylation sites (N-methyl/N-ethyl adjacent to an activating group) is 1. The molecular weight excluding hydrogens is 318 g/mol. The molecule has 1 aromatic heterocycles. The Morgan fingerprint density at radius 3 is 2.55 bits per heavy atom. The highest BCUT2D eigenvalue weighted by atomic mass is 35.5. The fourth-order valence-corrected chi connectivity index (χ4v) is 3.45. The number of nitrogens with zero attached hydrogens (tertiary/aromatic N) is 3. The number of piperazine rings is 1. The SMILES string of the molecule is CCN1CCN(C(=O)c2csc(-c3ccc(Cl)cc3)n2)CC1. The van der Waals surface area contributed by atoms with Crippen molar-refractivity contribution in [3.8, 4) is 10.6 Å². The van der Waals surface area contributed by atoms with Crippen molar-refractivity contribution in [1.82, 2.24) is 14.8 Å². The Hall–Kier alpha value is -1.43. The first-order valence-corrected chi connectivity index (χ1v) is 8.66. The first kappa shape index (κ1) is 15.5. The molecule has 1 aliphatic rings. The third-order valence-corrected chi connectivity index (χ3v) is 5.06. The van der Waals surface area contributed by atoms with Crippen LogP contribution in [0.25, 0.3) is 10.6 Å². The van der Waals surface area contributed by atoms with Crippen molar-refractivity contribution in [3.05, 3.63) is 40.4 Å². The summed E-state index contributed by atoms with van der Waals surface area (Å²) in [6.07, 6.45) is 0. The lowest BCUT2D eigenvalue weighted by atomic mass is 10.2. The van der Waals surface area contributed by atoms with Crippen molar-refractivity contribution in [3.63, 3.8) is 0 Å². The summed E-state index contributed by atoms with van der Waals surface area (Å²) in [5.74, 6) is 0.0345. The smallest absolute Gasteiger partial charge is 0.273 e. The molecule has 2 heterocycles. The van der Waals surface area contributed by atoms with E-state index >= 15 is 0 Å². The molecule has 1 fully saturated rings. The average Bonchev–Trinajstić information content (AvgIpc) is 3.05. The molecule has 0 N–H and O–H groups in total. The fourth-order valence-electron chi connectivity index (χ4n) is 2.53. The van der Waals surface area contributed by atoms with Crippen molar-refractivity contribution in [2.24, 2.45) is 0 Å². The Labute approximate surface area is 139 Å². The molecule has 1 amide bonds. The zero-order valence-corrected chi connectivity index (χ0v) is 14.0. The molecule has 116 valence electrons. The second-order valence-electron chi connectivity index (χ2n) is 5.27. The first-order chi connectivity index (χ1) is 10.7. The number of benzene rings is 1. The average molecular weight is 336 g/mol. The molecule has 4 nitrogen and oxygen atoms in total. The van der Waals surface area contributed by atoms with Gasteiger partial charge in [0.1, 0.15) is 10.7 Å². The van der Waals surface area contributed by atoms with Crippen molar-refractivity contribution in [2.75, 3.05) is 32.7 Å². The minimum atomic E-state index is 0.0345. The van der Waals surface area contributed by atoms with Gasteiger partial charge in [0.05, 0.1) is 0 Å². The molecule has 0 spiro atoms. The van der Waals surface area contributed by atoms with E-state index in [-0.39, 0.29) is 5.91 Å². The van der Waals surface area contributed by atoms with Crippen LogP contribution in [0.5, 0.6) is 0 Å². The van der Waals surface area contributed by atoms with E-state index in [1.165, 1.54) is 11.3 Å². The molecule has 2 aromatic rings. The molecule has 1 aromatic carbocycles. The van der Waals surface area contributed by atoms with Crippen molar-refractivity contribution < 1.29 is 4.79 Å². The number of amides is 1. The summed E-state index contributed by atoms with van der Waals surface area (Å²) >= 11 is 7.39. The molecule has 0 saturated carbocycles. The van der Waals surface area contributed by atoms with E-state index in [0.29, 0.717) is 10.7 Å². The minimum absolute atomic E-state index is 0.0345. The molecule has 0 aliphatic carbocycles. The fraction of sp³-hybridized carbons (Fsp3) is 0.375. The molecule has 0 unspecified atom stereocenters. The summed E-state index contributed by atoms with van der Waals surface area (Å²) in [6, 6.07) is 7.53. The van der Waals surface area contributed by atoms with Crippen LogP contribution in [0, 0.1) is 0 Å². The van der Waals surface area contributed by atoms with Gasteiger partial charge in [0, 0.05) is 42.1 Å². The first-order valence-electron chi connectivity index (χ1n) is 7.40. The second kappa shape index (κ2) is 6.77. The highest BCUT2D eigenvalue weighted by molar-refractivity contribution is 7.13. The lowest BCUT2D eigenvalue weighted by Gasteiger charge is -2.33. The standard InChI is InChI=1S/C16H18ClN3OS/c1-2-19-7-9-20(10-8-19)16(21)14-11-22-15(18-14)12-3-5-13(17)6-4-12/h3-6,11H,2,7-10H2,1H3. The molecule has 22 heavy (non-hydrogen) atoms. The largest absolute Gasteiger partial charge is 0.335 e. The zero-order valence-electron chi connectivity index (χ0n) is 12.5. The highest BCUT2D eigenvalue weighted by Gasteiger charge is 2.23. The molecular formula is C16H18ClN3OS. The third-order valence-electron chi connectivity index (χ3n) is 3.92. The van der Waals surface area contributed by atoms with E-state index in [2.05, 4.69) is 16.8 Å². The van der Waals surface area contributed by atoms with E-state index in [4.69, 9.17) is 11.6 Å². The third kappa shape index (κ3) is 3.32. The maximum Gasteiger partial charge on any atom is 0.273 e. The molecule has 0 radical (unpaired) electrons. The monoisotopic (exact) mass is 335 g/mol. The van der Waals surface area contributed by atoms with E-state index in [1.54, 1.807) is 0 Å². The maximum absolute atomic E-state index is 12.5. The second-order valence-corrected chi connectivity index (χ2v) is 6.57. The highest BCUT2D eigenvalue weighted by Crippen LogP contribution is 2.25. The summed E-state index contributed by atoms with van der Waals surface area (Å²) in [5.41, 5.74) is 1.53. The predicted octanol–water partition coefficient (Wildman–Crippen LogP) is 3.24. The molecule has 1 aliphatic heterocycles. The van der Waals surface area contributed by atoms with E-state index in [0.717, 1.165) is 43.3 Å². The molecule has 0 atom stereocenters. The van der Waals surface area contributed by atoms with Crippen molar-refractivity contribution >= 4 is 28.8 Å². The number of halogens is 1. The quantitative estimate of drug-likeness (QED) is 0.864. The van der Waals surface area contributed by atoms with Gasteiger partial charge in [-0.2, -0.15) is 0 Å². The topological polar surface area (TPSA) is 36.4 Å². The maximum atomic E-state index is 12.5. The normalized spacial score (nSPS) is 16.0. The number of carbonyl (C=O) groups excluding carboxylic acids is 1. The molecule has 1 saturated heterocycles. The van der Waals surface area contributed by atoms with Crippen LogP contribution in [0.4, 0.5) is 0 Å². The van der Waals surface area contributed by atoms with E-state index < -0.39 is 0 Å². The summed E-state index contributed by atoms with van der Waals surface area (Å²) in [6.45, 7) is 6.63. The molecule has 6 heteroatoms. The van der Waals surface area contributed by atoms with Gasteiger partial charge in [-0.25, -0.2) is 4.98 Å². The van der Waals surface area contributed by atoms with Gasteiger partial charge in [-0.05, 0) is 18.7 Å². The van der Waals surface area contributed by atoms with Gasteiger partial charge >= 0.3 is 0 Å². The Morgan fingerprint density at radius 2 is 1.91 bits per heavy atom. The van der Waals surface area contributed by atoms with Crippen LogP contribution in [0.2, 0.25) is 5.02 Å². The molecule has 3 rings (SSSR count). The summed E-state index contributed by atoms with van der Waals surface area (Å²) in [5, 5.41) is 3.40. The number of hydrogen-bond acceptors (Lipinski definition) is 4. The van der Waals surface area contributed by atoms with E-state index in [1.807, 2.05) is 34.5 Å². The van der Waals surface area contributed by atoms with E-state index in [9.17, 15) is 4.79 Å². The Balaban J connectivity index is 1.71. The Morgan fingerprint density at radius 1 is 1.23 bits per heavy atom. The van der Waals surface area contributed by atoms with Crippen LogP contribution < -0.4 is 0 Å².